The Bertz CT molecular complexity index is 1920. The van der Waals surface area contributed by atoms with Crippen LogP contribution in [0.3, 0.4) is 0 Å². The van der Waals surface area contributed by atoms with Crippen molar-refractivity contribution in [1.29, 1.82) is 0 Å². The Morgan fingerprint density at radius 1 is 0.395 bits per heavy atom. The van der Waals surface area contributed by atoms with Gasteiger partial charge in [0.05, 0.1) is 11.0 Å². The van der Waals surface area contributed by atoms with Crippen LogP contribution in [0.5, 0.6) is 0 Å². The minimum absolute atomic E-state index is 1.10. The lowest BCUT2D eigenvalue weighted by Gasteiger charge is -2.13. The largest absolute Gasteiger partial charge is 0.309 e. The van der Waals surface area contributed by atoms with Gasteiger partial charge in [-0.1, -0.05) is 125 Å². The van der Waals surface area contributed by atoms with E-state index in [4.69, 9.17) is 0 Å². The molecule has 0 spiro atoms. The number of benzene rings is 6. The number of halogens is 1. The molecular formula is C36H24BrN. The average Bonchev–Trinajstić information content (AvgIpc) is 3.31. The van der Waals surface area contributed by atoms with E-state index in [-0.39, 0.29) is 0 Å². The molecule has 0 N–H and O–H groups in total. The fourth-order valence-corrected chi connectivity index (χ4v) is 6.00. The van der Waals surface area contributed by atoms with Gasteiger partial charge in [-0.3, -0.25) is 0 Å². The van der Waals surface area contributed by atoms with Gasteiger partial charge in [0.2, 0.25) is 0 Å². The highest BCUT2D eigenvalue weighted by Gasteiger charge is 2.16. The lowest BCUT2D eigenvalue weighted by Crippen LogP contribution is -1.93. The van der Waals surface area contributed by atoms with E-state index >= 15 is 0 Å². The van der Waals surface area contributed by atoms with Gasteiger partial charge in [-0.05, 0) is 69.8 Å². The maximum atomic E-state index is 3.77. The smallest absolute Gasteiger partial charge is 0.0547 e. The van der Waals surface area contributed by atoms with E-state index in [0.717, 1.165) is 10.2 Å². The molecule has 0 saturated heterocycles. The molecule has 7 aromatic rings. The predicted molar refractivity (Wildman–Crippen MR) is 165 cm³/mol. The first-order chi connectivity index (χ1) is 18.8. The molecule has 0 unspecified atom stereocenters. The van der Waals surface area contributed by atoms with Crippen molar-refractivity contribution in [3.8, 4) is 39.1 Å². The van der Waals surface area contributed by atoms with Gasteiger partial charge in [-0.25, -0.2) is 0 Å². The van der Waals surface area contributed by atoms with Crippen molar-refractivity contribution in [2.45, 2.75) is 0 Å². The molecule has 0 radical (unpaired) electrons. The van der Waals surface area contributed by atoms with Crippen molar-refractivity contribution in [1.82, 2.24) is 4.57 Å². The zero-order chi connectivity index (χ0) is 25.5. The third-order valence-electron chi connectivity index (χ3n) is 7.29. The highest BCUT2D eigenvalue weighted by molar-refractivity contribution is 9.10. The third kappa shape index (κ3) is 3.86. The van der Waals surface area contributed by atoms with Crippen molar-refractivity contribution in [2.75, 3.05) is 0 Å². The highest BCUT2D eigenvalue weighted by atomic mass is 79.9. The third-order valence-corrected chi connectivity index (χ3v) is 7.98. The zero-order valence-electron chi connectivity index (χ0n) is 20.7. The summed E-state index contributed by atoms with van der Waals surface area (Å²) in [4.78, 5) is 0. The lowest BCUT2D eigenvalue weighted by atomic mass is 9.94. The molecular weight excluding hydrogens is 526 g/mol. The number of fused-ring (bicyclic) bond motifs is 3. The molecule has 6 aromatic carbocycles. The highest BCUT2D eigenvalue weighted by Crippen LogP contribution is 2.40. The number of rotatable bonds is 4. The molecule has 0 aliphatic rings. The molecule has 2 heteroatoms. The standard InChI is InChI=1S/C36H24BrN/c37-34-18-10-9-17-31(34)30-16-8-7-15-29(30)27-19-21-32-33-23-26(25-11-3-1-4-12-25)20-22-35(33)38(36(32)24-27)28-13-5-2-6-14-28/h1-24H. The van der Waals surface area contributed by atoms with Crippen LogP contribution in [0, 0.1) is 0 Å². The van der Waals surface area contributed by atoms with Crippen molar-refractivity contribution in [3.05, 3.63) is 150 Å². The van der Waals surface area contributed by atoms with E-state index < -0.39 is 0 Å². The molecule has 7 rings (SSSR count). The number of aromatic nitrogens is 1. The lowest BCUT2D eigenvalue weighted by molar-refractivity contribution is 1.18. The fourth-order valence-electron chi connectivity index (χ4n) is 5.50. The fraction of sp³-hybridized carbons (Fsp3) is 0. The summed E-state index contributed by atoms with van der Waals surface area (Å²) in [6.45, 7) is 0. The van der Waals surface area contributed by atoms with E-state index in [1.807, 2.05) is 0 Å². The second-order valence-corrected chi connectivity index (χ2v) is 10.4. The summed E-state index contributed by atoms with van der Waals surface area (Å²) in [5.41, 5.74) is 10.9. The van der Waals surface area contributed by atoms with Gasteiger partial charge in [-0.2, -0.15) is 0 Å². The summed E-state index contributed by atoms with van der Waals surface area (Å²) >= 11 is 3.77. The Morgan fingerprint density at radius 3 is 1.79 bits per heavy atom. The van der Waals surface area contributed by atoms with E-state index in [1.54, 1.807) is 0 Å². The summed E-state index contributed by atoms with van der Waals surface area (Å²) in [6.07, 6.45) is 0. The quantitative estimate of drug-likeness (QED) is 0.205. The maximum Gasteiger partial charge on any atom is 0.0547 e. The zero-order valence-corrected chi connectivity index (χ0v) is 22.3. The number of hydrogen-bond acceptors (Lipinski definition) is 0. The first-order valence-electron chi connectivity index (χ1n) is 12.8. The molecule has 1 heterocycles. The van der Waals surface area contributed by atoms with Crippen molar-refractivity contribution in [2.24, 2.45) is 0 Å². The minimum atomic E-state index is 1.10. The molecule has 0 atom stereocenters. The van der Waals surface area contributed by atoms with Crippen LogP contribution in [-0.2, 0) is 0 Å². The molecule has 0 aliphatic heterocycles. The van der Waals surface area contributed by atoms with Crippen LogP contribution in [0.25, 0.3) is 60.9 Å². The van der Waals surface area contributed by atoms with Crippen LogP contribution in [0.2, 0.25) is 0 Å². The van der Waals surface area contributed by atoms with Crippen LogP contribution in [0.4, 0.5) is 0 Å². The van der Waals surface area contributed by atoms with Crippen LogP contribution in [0.15, 0.2) is 150 Å². The van der Waals surface area contributed by atoms with Crippen molar-refractivity contribution >= 4 is 37.7 Å². The Kier molecular flexibility index (Phi) is 5.68. The van der Waals surface area contributed by atoms with E-state index in [2.05, 4.69) is 166 Å². The summed E-state index contributed by atoms with van der Waals surface area (Å²) in [7, 11) is 0. The Balaban J connectivity index is 1.50. The summed E-state index contributed by atoms with van der Waals surface area (Å²) in [6, 6.07) is 52.1. The van der Waals surface area contributed by atoms with E-state index in [0.29, 0.717) is 0 Å². The molecule has 1 nitrogen and oxygen atoms in total. The second-order valence-electron chi connectivity index (χ2n) is 9.53. The van der Waals surface area contributed by atoms with Crippen LogP contribution in [0.1, 0.15) is 0 Å². The molecule has 0 amide bonds. The van der Waals surface area contributed by atoms with Gasteiger partial charge < -0.3 is 4.57 Å². The first kappa shape index (κ1) is 22.8. The molecule has 0 aliphatic carbocycles. The van der Waals surface area contributed by atoms with E-state index in [1.165, 1.54) is 55.2 Å². The molecule has 38 heavy (non-hydrogen) atoms. The summed E-state index contributed by atoms with van der Waals surface area (Å²) in [5.74, 6) is 0. The average molecular weight is 550 g/mol. The maximum absolute atomic E-state index is 3.77. The number of para-hydroxylation sites is 1. The number of hydrogen-bond donors (Lipinski definition) is 0. The molecule has 0 bridgehead atoms. The Hall–Kier alpha value is -4.40. The Labute approximate surface area is 230 Å². The monoisotopic (exact) mass is 549 g/mol. The van der Waals surface area contributed by atoms with Crippen molar-refractivity contribution in [3.63, 3.8) is 0 Å². The molecule has 0 saturated carbocycles. The molecule has 180 valence electrons. The number of nitrogens with zero attached hydrogens (tertiary/aromatic N) is 1. The normalized spacial score (nSPS) is 11.3. The van der Waals surface area contributed by atoms with Gasteiger partial charge in [0.15, 0.2) is 0 Å². The predicted octanol–water partition coefficient (Wildman–Crippen LogP) is 10.5. The second kappa shape index (κ2) is 9.48. The SMILES string of the molecule is Brc1ccccc1-c1ccccc1-c1ccc2c3cc(-c4ccccc4)ccc3n(-c3ccccc3)c2c1. The van der Waals surface area contributed by atoms with E-state index in [9.17, 15) is 0 Å². The van der Waals surface area contributed by atoms with Gasteiger partial charge in [-0.15, -0.1) is 0 Å². The first-order valence-corrected chi connectivity index (χ1v) is 13.6. The van der Waals surface area contributed by atoms with Gasteiger partial charge >= 0.3 is 0 Å². The van der Waals surface area contributed by atoms with Crippen LogP contribution >= 0.6 is 15.9 Å². The Morgan fingerprint density at radius 2 is 1.03 bits per heavy atom. The topological polar surface area (TPSA) is 4.93 Å². The molecule has 0 fully saturated rings. The minimum Gasteiger partial charge on any atom is -0.309 e. The van der Waals surface area contributed by atoms with Gasteiger partial charge in [0, 0.05) is 20.9 Å². The summed E-state index contributed by atoms with van der Waals surface area (Å²) in [5, 5.41) is 2.51. The van der Waals surface area contributed by atoms with Gasteiger partial charge in [0.25, 0.3) is 0 Å². The van der Waals surface area contributed by atoms with Crippen molar-refractivity contribution < 1.29 is 0 Å². The van der Waals surface area contributed by atoms with Crippen LogP contribution in [-0.4, -0.2) is 4.57 Å². The van der Waals surface area contributed by atoms with Crippen LogP contribution < -0.4 is 0 Å². The van der Waals surface area contributed by atoms with Gasteiger partial charge in [0.1, 0.15) is 0 Å². The summed E-state index contributed by atoms with van der Waals surface area (Å²) < 4.78 is 3.49. The molecule has 1 aromatic heterocycles.